The molecule has 2 fully saturated rings. The predicted octanol–water partition coefficient (Wildman–Crippen LogP) is 2.65. The van der Waals surface area contributed by atoms with E-state index in [1.165, 1.54) is 42.3 Å². The van der Waals surface area contributed by atoms with Gasteiger partial charge in [0.15, 0.2) is 12.3 Å². The zero-order valence-electron chi connectivity index (χ0n) is 22.6. The van der Waals surface area contributed by atoms with E-state index in [9.17, 15) is 9.90 Å². The van der Waals surface area contributed by atoms with Crippen LogP contribution in [0, 0.1) is 11.3 Å². The van der Waals surface area contributed by atoms with E-state index in [-0.39, 0.29) is 31.5 Å². The SMILES string of the molecule is C=C1C[C@](OC)([C@H](O)C(=O)N[C@@H](OC)[C@@H]2CC(F)(F)C(C)(C)[C@@H](C[C@@H](COC)OC)O2)O[C@H](C)[C@@H]1C. The van der Waals surface area contributed by atoms with Crippen molar-refractivity contribution >= 4 is 5.91 Å². The van der Waals surface area contributed by atoms with Crippen molar-refractivity contribution in [3.05, 3.63) is 12.2 Å². The number of carbonyl (C=O) groups excluding carboxylic acids is 1. The highest BCUT2D eigenvalue weighted by molar-refractivity contribution is 5.82. The Morgan fingerprint density at radius 2 is 1.86 bits per heavy atom. The molecule has 2 rings (SSSR count). The quantitative estimate of drug-likeness (QED) is 0.315. The van der Waals surface area contributed by atoms with Gasteiger partial charge in [0.25, 0.3) is 11.8 Å². The molecule has 0 spiro atoms. The molecule has 0 aliphatic carbocycles. The van der Waals surface area contributed by atoms with Crippen molar-refractivity contribution in [2.75, 3.05) is 35.0 Å². The first-order valence-electron chi connectivity index (χ1n) is 12.2. The summed E-state index contributed by atoms with van der Waals surface area (Å²) < 4.78 is 63.9. The highest BCUT2D eigenvalue weighted by Crippen LogP contribution is 2.50. The van der Waals surface area contributed by atoms with Crippen LogP contribution in [-0.2, 0) is 33.2 Å². The fourth-order valence-electron chi connectivity index (χ4n) is 4.75. The van der Waals surface area contributed by atoms with E-state index < -0.39 is 60.1 Å². The number of hydrogen-bond acceptors (Lipinski definition) is 8. The molecule has 0 aromatic carbocycles. The van der Waals surface area contributed by atoms with Gasteiger partial charge in [0.05, 0.1) is 30.3 Å². The zero-order chi connectivity index (χ0) is 27.5. The first-order valence-corrected chi connectivity index (χ1v) is 12.2. The standard InChI is InChI=1S/C25H43F2NO8/c1-14-11-24(34-9,36-16(3)15(14)2)20(29)21(30)28-22(33-8)18-12-25(26,27)23(4,5)19(35-18)10-17(32-7)13-31-6/h15-20,22,29H,1,10-13H2,2-9H3,(H,28,30)/t15-,16-,17+,18+,19-,20-,22+,24-/m1/s1. The molecule has 8 atom stereocenters. The Bertz CT molecular complexity index is 766. The molecule has 2 aliphatic rings. The van der Waals surface area contributed by atoms with Gasteiger partial charge in [-0.3, -0.25) is 4.79 Å². The lowest BCUT2D eigenvalue weighted by molar-refractivity contribution is -0.299. The number of aliphatic hydroxyl groups is 1. The average Bonchev–Trinajstić information content (AvgIpc) is 2.82. The third kappa shape index (κ3) is 6.25. The number of ether oxygens (including phenoxy) is 6. The molecule has 210 valence electrons. The molecule has 2 heterocycles. The smallest absolute Gasteiger partial charge is 0.258 e. The number of rotatable bonds is 11. The van der Waals surface area contributed by atoms with E-state index in [1.54, 1.807) is 6.92 Å². The summed E-state index contributed by atoms with van der Waals surface area (Å²) in [5.41, 5.74) is -0.756. The monoisotopic (exact) mass is 523 g/mol. The summed E-state index contributed by atoms with van der Waals surface area (Å²) in [6.07, 6.45) is -6.44. The van der Waals surface area contributed by atoms with E-state index in [4.69, 9.17) is 28.4 Å². The van der Waals surface area contributed by atoms with Crippen LogP contribution in [-0.4, -0.2) is 94.5 Å². The molecule has 2 N–H and O–H groups in total. The van der Waals surface area contributed by atoms with Gasteiger partial charge in [-0.25, -0.2) is 8.78 Å². The van der Waals surface area contributed by atoms with Crippen molar-refractivity contribution < 1.29 is 47.1 Å². The second-order valence-corrected chi connectivity index (χ2v) is 10.4. The van der Waals surface area contributed by atoms with Gasteiger partial charge in [-0.1, -0.05) is 32.9 Å². The van der Waals surface area contributed by atoms with E-state index in [2.05, 4.69) is 11.9 Å². The van der Waals surface area contributed by atoms with Crippen LogP contribution in [0.1, 0.15) is 47.0 Å². The second-order valence-electron chi connectivity index (χ2n) is 10.4. The van der Waals surface area contributed by atoms with Crippen LogP contribution in [0.4, 0.5) is 8.78 Å². The number of aliphatic hydroxyl groups excluding tert-OH is 1. The molecule has 1 amide bonds. The molecule has 0 aromatic heterocycles. The molecule has 0 saturated carbocycles. The summed E-state index contributed by atoms with van der Waals surface area (Å²) in [4.78, 5) is 13.1. The van der Waals surface area contributed by atoms with Gasteiger partial charge in [0.1, 0.15) is 6.10 Å². The minimum atomic E-state index is -3.14. The van der Waals surface area contributed by atoms with Gasteiger partial charge >= 0.3 is 0 Å². The Kier molecular flexibility index (Phi) is 10.4. The third-order valence-electron chi connectivity index (χ3n) is 7.80. The van der Waals surface area contributed by atoms with Crippen LogP contribution in [0.15, 0.2) is 12.2 Å². The third-order valence-corrected chi connectivity index (χ3v) is 7.80. The Morgan fingerprint density at radius 3 is 2.36 bits per heavy atom. The lowest BCUT2D eigenvalue weighted by Crippen LogP contribution is -2.63. The maximum atomic E-state index is 15.3. The summed E-state index contributed by atoms with van der Waals surface area (Å²) in [5.74, 6) is -5.71. The summed E-state index contributed by atoms with van der Waals surface area (Å²) in [6, 6.07) is 0. The molecule has 0 radical (unpaired) electrons. The van der Waals surface area contributed by atoms with Crippen LogP contribution in [0.3, 0.4) is 0 Å². The van der Waals surface area contributed by atoms with Crippen molar-refractivity contribution in [3.8, 4) is 0 Å². The lowest BCUT2D eigenvalue weighted by Gasteiger charge is -2.49. The zero-order valence-corrected chi connectivity index (χ0v) is 22.6. The van der Waals surface area contributed by atoms with Crippen LogP contribution >= 0.6 is 0 Å². The minimum Gasteiger partial charge on any atom is -0.382 e. The Morgan fingerprint density at radius 1 is 1.22 bits per heavy atom. The summed E-state index contributed by atoms with van der Waals surface area (Å²) in [6.45, 7) is 10.8. The van der Waals surface area contributed by atoms with Crippen molar-refractivity contribution in [3.63, 3.8) is 0 Å². The number of amides is 1. The Labute approximate surface area is 212 Å². The molecule has 11 heteroatoms. The molecule has 0 unspecified atom stereocenters. The summed E-state index contributed by atoms with van der Waals surface area (Å²) in [7, 11) is 5.57. The molecule has 2 saturated heterocycles. The van der Waals surface area contributed by atoms with Crippen LogP contribution < -0.4 is 5.32 Å². The molecule has 9 nitrogen and oxygen atoms in total. The predicted molar refractivity (Wildman–Crippen MR) is 127 cm³/mol. The normalized spacial score (nSPS) is 34.6. The second kappa shape index (κ2) is 12.1. The van der Waals surface area contributed by atoms with Crippen molar-refractivity contribution in [1.29, 1.82) is 0 Å². The first-order chi connectivity index (χ1) is 16.7. The van der Waals surface area contributed by atoms with Crippen molar-refractivity contribution in [2.24, 2.45) is 11.3 Å². The highest BCUT2D eigenvalue weighted by atomic mass is 19.3. The Balaban J connectivity index is 2.22. The highest BCUT2D eigenvalue weighted by Gasteiger charge is 2.59. The molecule has 2 aliphatic heterocycles. The molecule has 0 bridgehead atoms. The maximum absolute atomic E-state index is 15.3. The fraction of sp³-hybridized carbons (Fsp3) is 0.880. The molecule has 36 heavy (non-hydrogen) atoms. The number of carbonyl (C=O) groups is 1. The molecule has 0 aromatic rings. The van der Waals surface area contributed by atoms with Gasteiger partial charge in [-0.15, -0.1) is 0 Å². The van der Waals surface area contributed by atoms with Crippen LogP contribution in [0.25, 0.3) is 0 Å². The number of halogens is 2. The molecular formula is C25H43F2NO8. The number of alkyl halides is 2. The number of methoxy groups -OCH3 is 4. The summed E-state index contributed by atoms with van der Waals surface area (Å²) in [5, 5.41) is 13.4. The molecular weight excluding hydrogens is 480 g/mol. The van der Waals surface area contributed by atoms with Crippen LogP contribution in [0.2, 0.25) is 0 Å². The minimum absolute atomic E-state index is 0.00227. The van der Waals surface area contributed by atoms with Gasteiger partial charge in [-0.2, -0.15) is 0 Å². The topological polar surface area (TPSA) is 105 Å². The Hall–Kier alpha value is -1.21. The van der Waals surface area contributed by atoms with Gasteiger partial charge in [0, 0.05) is 53.6 Å². The maximum Gasteiger partial charge on any atom is 0.258 e. The van der Waals surface area contributed by atoms with Crippen molar-refractivity contribution in [2.45, 2.75) is 95.4 Å². The lowest BCUT2D eigenvalue weighted by atomic mass is 9.73. The van der Waals surface area contributed by atoms with Gasteiger partial charge in [-0.05, 0) is 6.92 Å². The van der Waals surface area contributed by atoms with Crippen LogP contribution in [0.5, 0.6) is 0 Å². The van der Waals surface area contributed by atoms with E-state index in [0.29, 0.717) is 0 Å². The fourth-order valence-corrected chi connectivity index (χ4v) is 4.75. The van der Waals surface area contributed by atoms with Gasteiger partial charge < -0.3 is 38.8 Å². The summed E-state index contributed by atoms with van der Waals surface area (Å²) >= 11 is 0. The van der Waals surface area contributed by atoms with E-state index in [1.807, 2.05) is 6.92 Å². The van der Waals surface area contributed by atoms with E-state index in [0.717, 1.165) is 5.57 Å². The van der Waals surface area contributed by atoms with E-state index >= 15 is 8.78 Å². The average molecular weight is 524 g/mol. The van der Waals surface area contributed by atoms with Crippen molar-refractivity contribution in [1.82, 2.24) is 5.32 Å². The first kappa shape index (κ1) is 31.0. The number of nitrogens with one attached hydrogen (secondary N) is 1. The number of hydrogen-bond donors (Lipinski definition) is 2. The van der Waals surface area contributed by atoms with Gasteiger partial charge in [0.2, 0.25) is 5.79 Å². The largest absolute Gasteiger partial charge is 0.382 e.